The lowest BCUT2D eigenvalue weighted by atomic mass is 10.0. The molecule has 3 aromatic carbocycles. The SMILES string of the molecule is NC(=O)c1cccc2c1c1ccc(C(F)(F)F)cc1n2Cc1ccc(F)cc1F. The van der Waals surface area contributed by atoms with Gasteiger partial charge in [0.05, 0.1) is 23.1 Å². The summed E-state index contributed by atoms with van der Waals surface area (Å²) in [6.45, 7) is -0.157. The van der Waals surface area contributed by atoms with Crippen LogP contribution in [0.5, 0.6) is 0 Å². The van der Waals surface area contributed by atoms with Gasteiger partial charge in [-0.3, -0.25) is 4.79 Å². The number of halogens is 5. The third-order valence-electron chi connectivity index (χ3n) is 4.83. The summed E-state index contributed by atoms with van der Waals surface area (Å²) in [5.74, 6) is -2.32. The summed E-state index contributed by atoms with van der Waals surface area (Å²) in [6, 6.07) is 10.8. The Hall–Kier alpha value is -3.42. The normalized spacial score (nSPS) is 12.0. The molecule has 2 N–H and O–H groups in total. The lowest BCUT2D eigenvalue weighted by Gasteiger charge is -2.11. The van der Waals surface area contributed by atoms with Crippen molar-refractivity contribution in [2.75, 3.05) is 0 Å². The molecule has 0 aliphatic carbocycles. The van der Waals surface area contributed by atoms with E-state index in [1.165, 1.54) is 22.8 Å². The first kappa shape index (κ1) is 18.9. The van der Waals surface area contributed by atoms with Gasteiger partial charge in [-0.1, -0.05) is 18.2 Å². The van der Waals surface area contributed by atoms with Crippen LogP contribution in [-0.4, -0.2) is 10.5 Å². The molecule has 0 unspecified atom stereocenters. The minimum Gasteiger partial charge on any atom is -0.366 e. The monoisotopic (exact) mass is 404 g/mol. The Bertz CT molecular complexity index is 1270. The maximum Gasteiger partial charge on any atom is 0.416 e. The van der Waals surface area contributed by atoms with Gasteiger partial charge in [0.15, 0.2) is 0 Å². The second kappa shape index (κ2) is 6.58. The molecular formula is C21H13F5N2O. The van der Waals surface area contributed by atoms with Gasteiger partial charge < -0.3 is 10.3 Å². The van der Waals surface area contributed by atoms with Gasteiger partial charge in [-0.25, -0.2) is 8.78 Å². The van der Waals surface area contributed by atoms with E-state index in [1.807, 2.05) is 0 Å². The number of fused-ring (bicyclic) bond motifs is 3. The highest BCUT2D eigenvalue weighted by molar-refractivity contribution is 6.18. The molecule has 0 spiro atoms. The van der Waals surface area contributed by atoms with Gasteiger partial charge in [0.1, 0.15) is 11.6 Å². The Morgan fingerprint density at radius 1 is 0.966 bits per heavy atom. The minimum atomic E-state index is -4.58. The quantitative estimate of drug-likeness (QED) is 0.467. The van der Waals surface area contributed by atoms with Crippen molar-refractivity contribution in [2.24, 2.45) is 5.73 Å². The summed E-state index contributed by atoms with van der Waals surface area (Å²) in [5, 5.41) is 0.760. The van der Waals surface area contributed by atoms with Gasteiger partial charge in [-0.15, -0.1) is 0 Å². The summed E-state index contributed by atoms with van der Waals surface area (Å²) in [4.78, 5) is 11.9. The lowest BCUT2D eigenvalue weighted by molar-refractivity contribution is -0.137. The second-order valence-corrected chi connectivity index (χ2v) is 6.62. The van der Waals surface area contributed by atoms with Gasteiger partial charge in [0, 0.05) is 28.0 Å². The second-order valence-electron chi connectivity index (χ2n) is 6.62. The molecular weight excluding hydrogens is 391 g/mol. The molecule has 29 heavy (non-hydrogen) atoms. The maximum atomic E-state index is 14.2. The predicted molar refractivity (Wildman–Crippen MR) is 98.4 cm³/mol. The van der Waals surface area contributed by atoms with Crippen LogP contribution < -0.4 is 5.73 Å². The number of primary amides is 1. The van der Waals surface area contributed by atoms with E-state index in [4.69, 9.17) is 5.73 Å². The van der Waals surface area contributed by atoms with Crippen LogP contribution >= 0.6 is 0 Å². The number of amides is 1. The van der Waals surface area contributed by atoms with E-state index in [1.54, 1.807) is 12.1 Å². The highest BCUT2D eigenvalue weighted by Gasteiger charge is 2.31. The zero-order valence-electron chi connectivity index (χ0n) is 14.7. The number of carbonyl (C=O) groups excluding carboxylic acids is 1. The van der Waals surface area contributed by atoms with Crippen LogP contribution in [0.3, 0.4) is 0 Å². The molecule has 8 heteroatoms. The molecule has 0 atom stereocenters. The molecule has 0 fully saturated rings. The number of aromatic nitrogens is 1. The number of nitrogens with two attached hydrogens (primary N) is 1. The van der Waals surface area contributed by atoms with E-state index in [2.05, 4.69) is 0 Å². The summed E-state index contributed by atoms with van der Waals surface area (Å²) in [5.41, 5.74) is 5.37. The van der Waals surface area contributed by atoms with Crippen molar-refractivity contribution in [1.82, 2.24) is 4.57 Å². The van der Waals surface area contributed by atoms with E-state index in [0.29, 0.717) is 22.4 Å². The zero-order chi connectivity index (χ0) is 20.9. The summed E-state index contributed by atoms with van der Waals surface area (Å²) in [6.07, 6.45) is -4.58. The van der Waals surface area contributed by atoms with Gasteiger partial charge in [-0.05, 0) is 30.3 Å². The first-order valence-electron chi connectivity index (χ1n) is 8.52. The average Bonchev–Trinajstić information content (AvgIpc) is 2.96. The number of hydrogen-bond acceptors (Lipinski definition) is 1. The third kappa shape index (κ3) is 3.20. The predicted octanol–water partition coefficient (Wildman–Crippen LogP) is 5.24. The molecule has 1 aromatic heterocycles. The van der Waals surface area contributed by atoms with Crippen LogP contribution in [0.1, 0.15) is 21.5 Å². The van der Waals surface area contributed by atoms with Gasteiger partial charge in [0.2, 0.25) is 5.91 Å². The summed E-state index contributed by atoms with van der Waals surface area (Å²) in [7, 11) is 0. The smallest absolute Gasteiger partial charge is 0.366 e. The van der Waals surface area contributed by atoms with Crippen molar-refractivity contribution < 1.29 is 26.7 Å². The molecule has 0 saturated heterocycles. The Balaban J connectivity index is 2.06. The number of rotatable bonds is 3. The van der Waals surface area contributed by atoms with Crippen molar-refractivity contribution in [1.29, 1.82) is 0 Å². The Morgan fingerprint density at radius 3 is 2.38 bits per heavy atom. The summed E-state index contributed by atoms with van der Waals surface area (Å²) < 4.78 is 68.7. The van der Waals surface area contributed by atoms with Crippen molar-refractivity contribution in [3.63, 3.8) is 0 Å². The molecule has 0 saturated carbocycles. The van der Waals surface area contributed by atoms with E-state index in [-0.39, 0.29) is 23.2 Å². The van der Waals surface area contributed by atoms with E-state index < -0.39 is 29.3 Å². The highest BCUT2D eigenvalue weighted by Crippen LogP contribution is 2.37. The van der Waals surface area contributed by atoms with Gasteiger partial charge in [0.25, 0.3) is 0 Å². The number of alkyl halides is 3. The van der Waals surface area contributed by atoms with E-state index in [0.717, 1.165) is 18.2 Å². The molecule has 3 nitrogen and oxygen atoms in total. The number of nitrogens with zero attached hydrogens (tertiary/aromatic N) is 1. The summed E-state index contributed by atoms with van der Waals surface area (Å²) >= 11 is 0. The standard InChI is InChI=1S/C21H13F5N2O/c22-13-6-4-11(16(23)9-13)10-28-17-3-1-2-15(20(27)29)19(17)14-7-5-12(8-18(14)28)21(24,25)26/h1-9H,10H2,(H2,27,29). The van der Waals surface area contributed by atoms with Crippen LogP contribution in [0.25, 0.3) is 21.8 Å². The minimum absolute atomic E-state index is 0.0899. The third-order valence-corrected chi connectivity index (χ3v) is 4.83. The Labute approximate surface area is 161 Å². The zero-order valence-corrected chi connectivity index (χ0v) is 14.7. The first-order valence-corrected chi connectivity index (χ1v) is 8.52. The van der Waals surface area contributed by atoms with Crippen LogP contribution in [-0.2, 0) is 12.7 Å². The maximum absolute atomic E-state index is 14.2. The van der Waals surface area contributed by atoms with E-state index >= 15 is 0 Å². The molecule has 148 valence electrons. The Kier molecular flexibility index (Phi) is 4.29. The van der Waals surface area contributed by atoms with Crippen LogP contribution in [0.2, 0.25) is 0 Å². The molecule has 0 bridgehead atoms. The topological polar surface area (TPSA) is 48.0 Å². The largest absolute Gasteiger partial charge is 0.416 e. The highest BCUT2D eigenvalue weighted by atomic mass is 19.4. The number of hydrogen-bond donors (Lipinski definition) is 1. The Morgan fingerprint density at radius 2 is 1.72 bits per heavy atom. The van der Waals surface area contributed by atoms with Crippen LogP contribution in [0.15, 0.2) is 54.6 Å². The molecule has 0 aliphatic rings. The fourth-order valence-electron chi connectivity index (χ4n) is 3.52. The van der Waals surface area contributed by atoms with Crippen LogP contribution in [0.4, 0.5) is 22.0 Å². The van der Waals surface area contributed by atoms with Crippen molar-refractivity contribution in [2.45, 2.75) is 12.7 Å². The lowest BCUT2D eigenvalue weighted by Crippen LogP contribution is -2.11. The molecule has 0 aliphatic heterocycles. The molecule has 1 amide bonds. The van der Waals surface area contributed by atoms with Gasteiger partial charge in [-0.2, -0.15) is 13.2 Å². The average molecular weight is 404 g/mol. The molecule has 0 radical (unpaired) electrons. The van der Waals surface area contributed by atoms with Gasteiger partial charge >= 0.3 is 6.18 Å². The van der Waals surface area contributed by atoms with Crippen molar-refractivity contribution in [3.8, 4) is 0 Å². The number of benzene rings is 3. The number of carbonyl (C=O) groups is 1. The van der Waals surface area contributed by atoms with Crippen LogP contribution in [0, 0.1) is 11.6 Å². The molecule has 1 heterocycles. The van der Waals surface area contributed by atoms with Crippen molar-refractivity contribution >= 4 is 27.7 Å². The first-order chi connectivity index (χ1) is 13.7. The fraction of sp³-hybridized carbons (Fsp3) is 0.0952. The fourth-order valence-corrected chi connectivity index (χ4v) is 3.52. The molecule has 4 aromatic rings. The van der Waals surface area contributed by atoms with Crippen molar-refractivity contribution in [3.05, 3.63) is 82.9 Å². The molecule has 4 rings (SSSR count). The van der Waals surface area contributed by atoms with E-state index in [9.17, 15) is 26.7 Å².